The van der Waals surface area contributed by atoms with Gasteiger partial charge in [-0.2, -0.15) is 119 Å². The Hall–Kier alpha value is -2.68. The second-order valence-corrected chi connectivity index (χ2v) is 9.48. The Morgan fingerprint density at radius 1 is 0.333 bits per heavy atom. The van der Waals surface area contributed by atoms with Crippen LogP contribution in [-0.4, -0.2) is 106 Å². The molecule has 60 heavy (non-hydrogen) atoms. The van der Waals surface area contributed by atoms with Crippen molar-refractivity contribution in [1.29, 1.82) is 0 Å². The predicted molar refractivity (Wildman–Crippen MR) is 111 cm³/mol. The van der Waals surface area contributed by atoms with Crippen LogP contribution in [0.4, 0.5) is 158 Å². The van der Waals surface area contributed by atoms with Gasteiger partial charge in [-0.05, 0) is 0 Å². The Morgan fingerprint density at radius 2 is 0.650 bits per heavy atom. The van der Waals surface area contributed by atoms with Crippen LogP contribution in [0.2, 0.25) is 0 Å². The van der Waals surface area contributed by atoms with Crippen molar-refractivity contribution in [2.75, 3.05) is 13.2 Å². The van der Waals surface area contributed by atoms with Crippen LogP contribution in [-0.2, 0) is 18.9 Å². The maximum Gasteiger partial charge on any atom is 0.523 e. The van der Waals surface area contributed by atoms with E-state index >= 15 is 0 Å². The molecule has 0 aromatic heterocycles. The lowest BCUT2D eigenvalue weighted by Crippen LogP contribution is -2.62. The van der Waals surface area contributed by atoms with E-state index in [4.69, 9.17) is 0 Å². The number of hydrogen-bond acceptors (Lipinski definition) is 4. The standard InChI is InChI=1S/C7HF15O.C5H3F9O.2C4H4F6O/c8-2(9,5(15,16)17)1(3(10,11)12)23-7(21,22)4(13,14)6(18,19)20;6-3(7,8)1-2(4(9,10)11)15-5(12,13)14;2*5-3(6,7)1-2-11-4(8,9)10/h1H;2H,1H2;2*1-2H2. The van der Waals surface area contributed by atoms with Crippen LogP contribution in [0.25, 0.3) is 0 Å². The van der Waals surface area contributed by atoms with Crippen LogP contribution < -0.4 is 0 Å². The number of hydrogen-bond donors (Lipinski definition) is 0. The van der Waals surface area contributed by atoms with Crippen molar-refractivity contribution < 1.29 is 177 Å². The van der Waals surface area contributed by atoms with Gasteiger partial charge in [-0.25, -0.2) is 0 Å². The van der Waals surface area contributed by atoms with Crippen molar-refractivity contribution in [3.63, 3.8) is 0 Å². The third-order valence-electron chi connectivity index (χ3n) is 4.35. The SMILES string of the molecule is FC(F)(F)C(OC(F)(F)C(F)(F)C(F)(F)F)C(F)(F)C(F)(F)F.FC(F)(F)CC(OC(F)(F)F)C(F)(F)F.FC(F)(F)CCOC(F)(F)F.FC(F)(F)CCOC(F)(F)F. The van der Waals surface area contributed by atoms with E-state index in [-0.39, 0.29) is 0 Å². The van der Waals surface area contributed by atoms with Gasteiger partial charge in [-0.15, -0.1) is 39.5 Å². The van der Waals surface area contributed by atoms with Crippen LogP contribution >= 0.6 is 0 Å². The second kappa shape index (κ2) is 21.1. The van der Waals surface area contributed by atoms with Crippen LogP contribution in [0.5, 0.6) is 0 Å². The first kappa shape index (κ1) is 64.0. The average Bonchev–Trinajstić information content (AvgIpc) is 2.85. The third kappa shape index (κ3) is 30.4. The zero-order chi connectivity index (χ0) is 50.0. The van der Waals surface area contributed by atoms with Crippen LogP contribution in [0, 0.1) is 0 Å². The highest BCUT2D eigenvalue weighted by Gasteiger charge is 2.79. The van der Waals surface area contributed by atoms with Crippen molar-refractivity contribution in [3.8, 4) is 0 Å². The van der Waals surface area contributed by atoms with Gasteiger partial charge >= 0.3 is 80.3 Å². The molecule has 0 aliphatic heterocycles. The molecular weight excluding hydrogens is 988 g/mol. The molecule has 368 valence electrons. The number of halogens is 36. The quantitative estimate of drug-likeness (QED) is 0.204. The van der Waals surface area contributed by atoms with E-state index in [0.29, 0.717) is 0 Å². The summed E-state index contributed by atoms with van der Waals surface area (Å²) in [6.45, 7) is -2.76. The number of ether oxygens (including phenoxy) is 4. The highest BCUT2D eigenvalue weighted by Crippen LogP contribution is 2.52. The number of rotatable bonds is 10. The fraction of sp³-hybridized carbons (Fsp3) is 1.00. The molecule has 0 heterocycles. The van der Waals surface area contributed by atoms with Crippen LogP contribution in [0.3, 0.4) is 0 Å². The molecular formula is C20H12F36O4. The summed E-state index contributed by atoms with van der Waals surface area (Å²) in [4.78, 5) is 0. The smallest absolute Gasteiger partial charge is 0.296 e. The number of alkyl halides is 36. The highest BCUT2D eigenvalue weighted by atomic mass is 19.5. The molecule has 4 nitrogen and oxygen atoms in total. The summed E-state index contributed by atoms with van der Waals surface area (Å²) >= 11 is 0. The zero-order valence-electron chi connectivity index (χ0n) is 26.4. The molecule has 2 unspecified atom stereocenters. The normalized spacial score (nSPS) is 15.8. The molecule has 2 atom stereocenters. The van der Waals surface area contributed by atoms with E-state index in [2.05, 4.69) is 14.2 Å². The fourth-order valence-electron chi connectivity index (χ4n) is 2.04. The molecule has 0 N–H and O–H groups in total. The first-order valence-electron chi connectivity index (χ1n) is 12.8. The van der Waals surface area contributed by atoms with Crippen molar-refractivity contribution in [3.05, 3.63) is 0 Å². The summed E-state index contributed by atoms with van der Waals surface area (Å²) in [5.74, 6) is -14.7. The summed E-state index contributed by atoms with van der Waals surface area (Å²) in [5.41, 5.74) is 0. The van der Waals surface area contributed by atoms with Gasteiger partial charge in [0.2, 0.25) is 6.10 Å². The largest absolute Gasteiger partial charge is 0.523 e. The minimum absolute atomic E-state index is 1.38. The molecule has 0 spiro atoms. The van der Waals surface area contributed by atoms with Gasteiger partial charge in [-0.3, -0.25) is 18.9 Å². The summed E-state index contributed by atoms with van der Waals surface area (Å²) in [6.07, 6.45) is -80.9. The maximum absolute atomic E-state index is 12.5. The molecule has 0 aliphatic rings. The lowest BCUT2D eigenvalue weighted by molar-refractivity contribution is -0.470. The van der Waals surface area contributed by atoms with Gasteiger partial charge in [0.15, 0.2) is 6.10 Å². The minimum atomic E-state index is -7.48. The predicted octanol–water partition coefficient (Wildman–Crippen LogP) is 13.3. The first-order chi connectivity index (χ1) is 25.3. The van der Waals surface area contributed by atoms with Gasteiger partial charge in [0, 0.05) is 0 Å². The molecule has 0 fully saturated rings. The molecule has 40 heteroatoms. The Bertz CT molecular complexity index is 1110. The summed E-state index contributed by atoms with van der Waals surface area (Å²) in [5, 5.41) is 0. The van der Waals surface area contributed by atoms with E-state index in [1.165, 1.54) is 0 Å². The minimum Gasteiger partial charge on any atom is -0.296 e. The van der Waals surface area contributed by atoms with Crippen molar-refractivity contribution in [1.82, 2.24) is 0 Å². The van der Waals surface area contributed by atoms with Gasteiger partial charge in [0.05, 0.1) is 32.5 Å². The monoisotopic (exact) mass is 1000 g/mol. The summed E-state index contributed by atoms with van der Waals surface area (Å²) in [6, 6.07) is 0. The Morgan fingerprint density at radius 3 is 0.833 bits per heavy atom. The van der Waals surface area contributed by atoms with Crippen molar-refractivity contribution in [2.24, 2.45) is 0 Å². The van der Waals surface area contributed by atoms with Gasteiger partial charge in [-0.1, -0.05) is 0 Å². The Kier molecular flexibility index (Phi) is 22.5. The molecule has 0 radical (unpaired) electrons. The molecule has 0 aliphatic carbocycles. The first-order valence-corrected chi connectivity index (χ1v) is 12.8. The molecule has 0 saturated heterocycles. The van der Waals surface area contributed by atoms with E-state index in [1.54, 1.807) is 4.74 Å². The fourth-order valence-corrected chi connectivity index (χ4v) is 2.04. The van der Waals surface area contributed by atoms with E-state index in [9.17, 15) is 158 Å². The summed E-state index contributed by atoms with van der Waals surface area (Å²) in [7, 11) is 0. The topological polar surface area (TPSA) is 36.9 Å². The van der Waals surface area contributed by atoms with Crippen LogP contribution in [0.15, 0.2) is 0 Å². The van der Waals surface area contributed by atoms with Gasteiger partial charge in [0.25, 0.3) is 0 Å². The average molecular weight is 1000 g/mol. The van der Waals surface area contributed by atoms with Gasteiger partial charge in [0.1, 0.15) is 0 Å². The maximum atomic E-state index is 12.5. The zero-order valence-corrected chi connectivity index (χ0v) is 26.4. The lowest BCUT2D eigenvalue weighted by atomic mass is 10.1. The highest BCUT2D eigenvalue weighted by molar-refractivity contribution is 4.94. The lowest BCUT2D eigenvalue weighted by Gasteiger charge is -2.35. The molecule has 0 rings (SSSR count). The van der Waals surface area contributed by atoms with E-state index in [0.717, 1.165) is 0 Å². The molecule has 0 aromatic rings. The molecule has 0 aromatic carbocycles. The third-order valence-corrected chi connectivity index (χ3v) is 4.35. The van der Waals surface area contributed by atoms with Gasteiger partial charge < -0.3 is 0 Å². The molecule has 0 amide bonds. The van der Waals surface area contributed by atoms with Crippen LogP contribution in [0.1, 0.15) is 19.3 Å². The Labute approximate surface area is 303 Å². The molecule has 0 bridgehead atoms. The second-order valence-electron chi connectivity index (χ2n) is 9.48. The van der Waals surface area contributed by atoms with E-state index < -0.39 is 125 Å². The van der Waals surface area contributed by atoms with E-state index in [1.807, 2.05) is 0 Å². The van der Waals surface area contributed by atoms with Crippen molar-refractivity contribution in [2.45, 2.75) is 112 Å². The molecule has 0 saturated carbocycles. The Balaban J connectivity index is -0.000000368. The van der Waals surface area contributed by atoms with Crippen molar-refractivity contribution >= 4 is 0 Å². The summed E-state index contributed by atoms with van der Waals surface area (Å²) < 4.78 is 427.